The van der Waals surface area contributed by atoms with Crippen molar-refractivity contribution >= 4 is 5.69 Å². The number of alkyl halides is 2. The fourth-order valence-corrected chi connectivity index (χ4v) is 2.51. The predicted molar refractivity (Wildman–Crippen MR) is 66.8 cm³/mol. The highest BCUT2D eigenvalue weighted by Gasteiger charge is 2.26. The van der Waals surface area contributed by atoms with Gasteiger partial charge in [-0.1, -0.05) is 6.42 Å². The Hall–Kier alpha value is -1.43. The van der Waals surface area contributed by atoms with Crippen molar-refractivity contribution in [1.82, 2.24) is 0 Å². The second-order valence-electron chi connectivity index (χ2n) is 4.70. The summed E-state index contributed by atoms with van der Waals surface area (Å²) in [6.07, 6.45) is 3.14. The zero-order valence-corrected chi connectivity index (χ0v) is 10.4. The smallest absolute Gasteiger partial charge is 0.387 e. The number of nitrogens with one attached hydrogen (secondary N) is 1. The number of benzene rings is 1. The summed E-state index contributed by atoms with van der Waals surface area (Å²) in [7, 11) is 0. The molecule has 106 valence electrons. The summed E-state index contributed by atoms with van der Waals surface area (Å²) in [6.45, 7) is -2.43. The van der Waals surface area contributed by atoms with E-state index in [1.165, 1.54) is 18.2 Å². The van der Waals surface area contributed by atoms with Gasteiger partial charge in [-0.05, 0) is 37.4 Å². The molecule has 1 aromatic rings. The topological polar surface area (TPSA) is 47.3 Å². The van der Waals surface area contributed by atoms with E-state index in [4.69, 9.17) is 5.73 Å². The highest BCUT2D eigenvalue weighted by Crippen LogP contribution is 2.29. The van der Waals surface area contributed by atoms with E-state index in [-0.39, 0.29) is 6.04 Å². The molecule has 3 N–H and O–H groups in total. The van der Waals surface area contributed by atoms with Crippen LogP contribution < -0.4 is 15.8 Å². The van der Waals surface area contributed by atoms with Crippen molar-refractivity contribution in [3.05, 3.63) is 24.0 Å². The monoisotopic (exact) mass is 274 g/mol. The first-order chi connectivity index (χ1) is 9.10. The maximum absolute atomic E-state index is 13.5. The highest BCUT2D eigenvalue weighted by molar-refractivity contribution is 5.48. The second kappa shape index (κ2) is 6.14. The van der Waals surface area contributed by atoms with Crippen LogP contribution in [0.2, 0.25) is 0 Å². The van der Waals surface area contributed by atoms with Crippen LogP contribution in [0.4, 0.5) is 18.9 Å². The van der Waals surface area contributed by atoms with E-state index in [9.17, 15) is 13.2 Å². The summed E-state index contributed by atoms with van der Waals surface area (Å²) in [6, 6.07) is 4.12. The molecule has 2 rings (SSSR count). The third-order valence-electron chi connectivity index (χ3n) is 3.46. The third kappa shape index (κ3) is 3.53. The molecule has 2 atom stereocenters. The maximum atomic E-state index is 13.5. The molecule has 19 heavy (non-hydrogen) atoms. The normalized spacial score (nSPS) is 22.8. The fraction of sp³-hybridized carbons (Fsp3) is 0.538. The van der Waals surface area contributed by atoms with Crippen molar-refractivity contribution in [1.29, 1.82) is 0 Å². The molecule has 1 saturated carbocycles. The van der Waals surface area contributed by atoms with Gasteiger partial charge in [0, 0.05) is 17.8 Å². The lowest BCUT2D eigenvalue weighted by molar-refractivity contribution is -0.0521. The second-order valence-corrected chi connectivity index (χ2v) is 4.70. The van der Waals surface area contributed by atoms with Gasteiger partial charge in [0.15, 0.2) is 11.6 Å². The van der Waals surface area contributed by atoms with Crippen LogP contribution in [0.1, 0.15) is 19.3 Å². The molecule has 1 aliphatic rings. The van der Waals surface area contributed by atoms with Crippen LogP contribution in [0.25, 0.3) is 0 Å². The molecule has 1 fully saturated rings. The van der Waals surface area contributed by atoms with Gasteiger partial charge in [0.05, 0.1) is 0 Å². The van der Waals surface area contributed by atoms with Crippen molar-refractivity contribution in [2.24, 2.45) is 11.7 Å². The van der Waals surface area contributed by atoms with Crippen LogP contribution >= 0.6 is 0 Å². The lowest BCUT2D eigenvalue weighted by Gasteiger charge is -2.21. The first-order valence-corrected chi connectivity index (χ1v) is 6.31. The molecule has 6 heteroatoms. The summed E-state index contributed by atoms with van der Waals surface area (Å²) in [5.74, 6) is -0.866. The molecule has 1 aromatic carbocycles. The molecule has 0 heterocycles. The third-order valence-corrected chi connectivity index (χ3v) is 3.46. The Balaban J connectivity index is 2.03. The Labute approximate surface area is 109 Å². The summed E-state index contributed by atoms with van der Waals surface area (Å²) in [5, 5.41) is 3.20. The lowest BCUT2D eigenvalue weighted by Crippen LogP contribution is -2.29. The molecule has 3 nitrogen and oxygen atoms in total. The molecule has 0 radical (unpaired) electrons. The van der Waals surface area contributed by atoms with Gasteiger partial charge in [-0.2, -0.15) is 8.78 Å². The molecule has 0 bridgehead atoms. The number of halogens is 3. The summed E-state index contributed by atoms with van der Waals surface area (Å²) in [5.41, 5.74) is 6.23. The number of ether oxygens (including phenoxy) is 1. The fourth-order valence-electron chi connectivity index (χ4n) is 2.51. The summed E-state index contributed by atoms with van der Waals surface area (Å²) < 4.78 is 41.6. The molecule has 0 saturated heterocycles. The molecule has 2 unspecified atom stereocenters. The highest BCUT2D eigenvalue weighted by atomic mass is 19.3. The molecule has 1 aliphatic carbocycles. The molecular weight excluding hydrogens is 257 g/mol. The van der Waals surface area contributed by atoms with Crippen molar-refractivity contribution in [2.75, 3.05) is 11.9 Å². The number of nitrogens with two attached hydrogens (primary N) is 1. The Morgan fingerprint density at radius 3 is 2.79 bits per heavy atom. The van der Waals surface area contributed by atoms with E-state index >= 15 is 0 Å². The van der Waals surface area contributed by atoms with Crippen LogP contribution in [0, 0.1) is 11.7 Å². The van der Waals surface area contributed by atoms with Crippen molar-refractivity contribution < 1.29 is 17.9 Å². The zero-order valence-electron chi connectivity index (χ0n) is 10.4. The van der Waals surface area contributed by atoms with E-state index in [0.717, 1.165) is 19.3 Å². The number of hydrogen-bond acceptors (Lipinski definition) is 3. The number of hydrogen-bond donors (Lipinski definition) is 2. The van der Waals surface area contributed by atoms with Gasteiger partial charge in [-0.15, -0.1) is 0 Å². The quantitative estimate of drug-likeness (QED) is 0.867. The average Bonchev–Trinajstić information content (AvgIpc) is 2.79. The maximum Gasteiger partial charge on any atom is 0.387 e. The van der Waals surface area contributed by atoms with E-state index in [0.29, 0.717) is 18.2 Å². The van der Waals surface area contributed by atoms with Crippen LogP contribution in [-0.2, 0) is 0 Å². The largest absolute Gasteiger partial charge is 0.432 e. The van der Waals surface area contributed by atoms with Gasteiger partial charge in [0.1, 0.15) is 0 Å². The van der Waals surface area contributed by atoms with Gasteiger partial charge < -0.3 is 15.8 Å². The van der Waals surface area contributed by atoms with Crippen molar-refractivity contribution in [2.45, 2.75) is 31.9 Å². The van der Waals surface area contributed by atoms with Gasteiger partial charge >= 0.3 is 6.61 Å². The first-order valence-electron chi connectivity index (χ1n) is 6.31. The molecular formula is C13H17F3N2O. The Morgan fingerprint density at radius 1 is 1.37 bits per heavy atom. The Bertz CT molecular complexity index is 428. The minimum atomic E-state index is -3.02. The SMILES string of the molecule is NCC1CCCC1Nc1ccc(OC(F)F)c(F)c1. The Kier molecular flexibility index (Phi) is 4.52. The van der Waals surface area contributed by atoms with Gasteiger partial charge in [-0.25, -0.2) is 4.39 Å². The summed E-state index contributed by atoms with van der Waals surface area (Å²) >= 11 is 0. The molecule has 0 aromatic heterocycles. The Morgan fingerprint density at radius 2 is 2.16 bits per heavy atom. The van der Waals surface area contributed by atoms with E-state index < -0.39 is 18.2 Å². The van der Waals surface area contributed by atoms with Gasteiger partial charge in [0.2, 0.25) is 0 Å². The summed E-state index contributed by atoms with van der Waals surface area (Å²) in [4.78, 5) is 0. The van der Waals surface area contributed by atoms with Crippen LogP contribution in [-0.4, -0.2) is 19.2 Å². The van der Waals surface area contributed by atoms with E-state index in [1.807, 2.05) is 0 Å². The lowest BCUT2D eigenvalue weighted by atomic mass is 10.0. The zero-order chi connectivity index (χ0) is 13.8. The van der Waals surface area contributed by atoms with Crippen LogP contribution in [0.15, 0.2) is 18.2 Å². The van der Waals surface area contributed by atoms with Gasteiger partial charge in [0.25, 0.3) is 0 Å². The molecule has 0 spiro atoms. The number of anilines is 1. The minimum Gasteiger partial charge on any atom is -0.432 e. The first kappa shape index (κ1) is 14.0. The number of rotatable bonds is 5. The molecule has 0 aliphatic heterocycles. The van der Waals surface area contributed by atoms with Crippen molar-refractivity contribution in [3.8, 4) is 5.75 Å². The van der Waals surface area contributed by atoms with Crippen molar-refractivity contribution in [3.63, 3.8) is 0 Å². The molecule has 0 amide bonds. The predicted octanol–water partition coefficient (Wildman–Crippen LogP) is 2.97. The van der Waals surface area contributed by atoms with Gasteiger partial charge in [-0.3, -0.25) is 0 Å². The van der Waals surface area contributed by atoms with E-state index in [2.05, 4.69) is 10.1 Å². The average molecular weight is 274 g/mol. The van der Waals surface area contributed by atoms with Crippen LogP contribution in [0.5, 0.6) is 5.75 Å². The minimum absolute atomic E-state index is 0.214. The van der Waals surface area contributed by atoms with Crippen LogP contribution in [0.3, 0.4) is 0 Å². The van der Waals surface area contributed by atoms with E-state index in [1.54, 1.807) is 0 Å². The standard InChI is InChI=1S/C13H17F3N2O/c14-10-6-9(4-5-12(10)19-13(15)16)18-11-3-1-2-8(11)7-17/h4-6,8,11,13,18H,1-3,7,17H2.